The number of aliphatic hydroxyl groups is 2. The smallest absolute Gasteiger partial charge is 0.329 e. The standard InChI is InChI=1S/C18H18F4N6O3/c1-18(31,7-29)6-25-17(30)11-5-24-16-10(23-2)4-12(27-28(11)16)26-15-13(21)8(19)3-9(20)14(15)22/h3-5,23,29,31H,6-7H2,1-2H3,(H,25,30)(H,26,27)/p+1/t18-/m1/s1. The minimum atomic E-state index is -1.64. The number of carbonyl (C=O) groups excluding carboxylic acids is 1. The molecule has 31 heavy (non-hydrogen) atoms. The maximum atomic E-state index is 14.0. The third-order valence-corrected chi connectivity index (χ3v) is 4.37. The molecular formula is C18H19F4N6O3+. The van der Waals surface area contributed by atoms with Crippen LogP contribution in [0.3, 0.4) is 0 Å². The number of nitrogens with zero attached hydrogens (tertiary/aromatic N) is 2. The van der Waals surface area contributed by atoms with Crippen molar-refractivity contribution < 1.29 is 37.6 Å². The third kappa shape index (κ3) is 4.36. The molecule has 2 aromatic heterocycles. The second kappa shape index (κ2) is 8.35. The SMILES string of the molecule is CNc1cc(Nc2c(F)c(F)cc(F)c2F)nn2c(C(=O)NC[C@@](C)(O)CO)c[nH+]c12. The van der Waals surface area contributed by atoms with Gasteiger partial charge in [-0.15, -0.1) is 0 Å². The van der Waals surface area contributed by atoms with E-state index >= 15 is 0 Å². The molecule has 1 aromatic carbocycles. The topological polar surface area (TPSA) is 125 Å². The second-order valence-corrected chi connectivity index (χ2v) is 6.93. The van der Waals surface area contributed by atoms with Gasteiger partial charge in [0.2, 0.25) is 0 Å². The zero-order valence-corrected chi connectivity index (χ0v) is 16.4. The minimum absolute atomic E-state index is 0.0599. The van der Waals surface area contributed by atoms with E-state index in [4.69, 9.17) is 5.11 Å². The number of amides is 1. The predicted molar refractivity (Wildman–Crippen MR) is 101 cm³/mol. The lowest BCUT2D eigenvalue weighted by Crippen LogP contribution is -2.43. The molecule has 13 heteroatoms. The van der Waals surface area contributed by atoms with Crippen LogP contribution in [0.2, 0.25) is 0 Å². The lowest BCUT2D eigenvalue weighted by Gasteiger charge is -2.19. The molecule has 3 rings (SSSR count). The molecule has 3 aromatic rings. The molecule has 0 saturated carbocycles. The molecule has 1 atom stereocenters. The summed E-state index contributed by atoms with van der Waals surface area (Å²) in [6.45, 7) is 0.452. The van der Waals surface area contributed by atoms with Crippen LogP contribution in [-0.4, -0.2) is 51.5 Å². The Morgan fingerprint density at radius 3 is 2.45 bits per heavy atom. The first-order chi connectivity index (χ1) is 14.6. The average molecular weight is 443 g/mol. The highest BCUT2D eigenvalue weighted by atomic mass is 19.2. The molecule has 0 saturated heterocycles. The quantitative estimate of drug-likeness (QED) is 0.274. The van der Waals surface area contributed by atoms with Gasteiger partial charge < -0.3 is 26.2 Å². The van der Waals surface area contributed by atoms with E-state index in [1.165, 1.54) is 26.2 Å². The Morgan fingerprint density at radius 2 is 1.87 bits per heavy atom. The van der Waals surface area contributed by atoms with Crippen molar-refractivity contribution in [3.05, 3.63) is 47.3 Å². The fourth-order valence-corrected chi connectivity index (χ4v) is 2.66. The number of imidazole rings is 1. The summed E-state index contributed by atoms with van der Waals surface area (Å²) in [4.78, 5) is 15.3. The molecule has 0 aliphatic heterocycles. The summed E-state index contributed by atoms with van der Waals surface area (Å²) in [5.41, 5.74) is -2.09. The van der Waals surface area contributed by atoms with Gasteiger partial charge in [0.05, 0.1) is 6.61 Å². The van der Waals surface area contributed by atoms with Crippen molar-refractivity contribution in [3.63, 3.8) is 0 Å². The molecule has 0 aliphatic rings. The van der Waals surface area contributed by atoms with Crippen molar-refractivity contribution in [1.82, 2.24) is 14.9 Å². The molecule has 1 amide bonds. The summed E-state index contributed by atoms with van der Waals surface area (Å²) in [6.07, 6.45) is 1.29. The number of aromatic amines is 1. The highest BCUT2D eigenvalue weighted by molar-refractivity contribution is 5.93. The number of anilines is 3. The van der Waals surface area contributed by atoms with Gasteiger partial charge in [-0.2, -0.15) is 0 Å². The van der Waals surface area contributed by atoms with E-state index in [1.807, 2.05) is 0 Å². The van der Waals surface area contributed by atoms with E-state index < -0.39 is 47.1 Å². The number of fused-ring (bicyclic) bond motifs is 1. The summed E-state index contributed by atoms with van der Waals surface area (Å²) in [6, 6.07) is 1.38. The predicted octanol–water partition coefficient (Wildman–Crippen LogP) is 0.963. The van der Waals surface area contributed by atoms with Crippen LogP contribution >= 0.6 is 0 Å². The lowest BCUT2D eigenvalue weighted by molar-refractivity contribution is -0.343. The Labute approximate surface area is 172 Å². The number of halogens is 4. The van der Waals surface area contributed by atoms with Crippen molar-refractivity contribution in [2.75, 3.05) is 30.8 Å². The summed E-state index contributed by atoms with van der Waals surface area (Å²) in [5.74, 6) is -7.40. The fraction of sp³-hybridized carbons (Fsp3) is 0.278. The van der Waals surface area contributed by atoms with Crippen molar-refractivity contribution in [1.29, 1.82) is 0 Å². The van der Waals surface area contributed by atoms with Crippen LogP contribution in [0.25, 0.3) is 5.65 Å². The Balaban J connectivity index is 2.02. The highest BCUT2D eigenvalue weighted by Crippen LogP contribution is 2.28. The molecule has 6 N–H and O–H groups in total. The van der Waals surface area contributed by atoms with Gasteiger partial charge >= 0.3 is 5.65 Å². The van der Waals surface area contributed by atoms with E-state index in [1.54, 1.807) is 0 Å². The molecular weight excluding hydrogens is 424 g/mol. The minimum Gasteiger partial charge on any atom is -0.393 e. The molecule has 0 bridgehead atoms. The van der Waals surface area contributed by atoms with Crippen LogP contribution in [0.4, 0.5) is 34.8 Å². The van der Waals surface area contributed by atoms with Crippen molar-refractivity contribution >= 4 is 28.7 Å². The number of aliphatic hydroxyl groups excluding tert-OH is 1. The molecule has 0 unspecified atom stereocenters. The number of aromatic nitrogens is 3. The van der Waals surface area contributed by atoms with Crippen LogP contribution < -0.4 is 20.9 Å². The first-order valence-corrected chi connectivity index (χ1v) is 8.91. The molecule has 9 nitrogen and oxygen atoms in total. The monoisotopic (exact) mass is 443 g/mol. The van der Waals surface area contributed by atoms with E-state index in [-0.39, 0.29) is 24.1 Å². The van der Waals surface area contributed by atoms with E-state index in [2.05, 4.69) is 26.0 Å². The lowest BCUT2D eigenvalue weighted by atomic mass is 10.1. The Kier molecular flexibility index (Phi) is 5.99. The largest absolute Gasteiger partial charge is 0.393 e. The second-order valence-electron chi connectivity index (χ2n) is 6.93. The van der Waals surface area contributed by atoms with E-state index in [9.17, 15) is 27.5 Å². The first kappa shape index (κ1) is 22.2. The molecule has 0 fully saturated rings. The maximum absolute atomic E-state index is 14.0. The number of benzene rings is 1. The third-order valence-electron chi connectivity index (χ3n) is 4.37. The number of nitrogens with one attached hydrogen (secondary N) is 4. The number of H-pyrrole nitrogens is 1. The van der Waals surface area contributed by atoms with Gasteiger partial charge in [0.15, 0.2) is 29.1 Å². The van der Waals surface area contributed by atoms with Crippen LogP contribution in [0.1, 0.15) is 17.4 Å². The Bertz CT molecular complexity index is 1130. The number of hydrogen-bond acceptors (Lipinski definition) is 6. The zero-order chi connectivity index (χ0) is 22.9. The van der Waals surface area contributed by atoms with Crippen molar-refractivity contribution in [2.45, 2.75) is 12.5 Å². The van der Waals surface area contributed by atoms with Gasteiger partial charge in [-0.3, -0.25) is 4.79 Å². The van der Waals surface area contributed by atoms with E-state index in [0.29, 0.717) is 11.3 Å². The molecule has 0 aliphatic carbocycles. The normalized spacial score (nSPS) is 13.2. The number of hydrogen-bond donors (Lipinski definition) is 5. The van der Waals surface area contributed by atoms with Crippen molar-refractivity contribution in [2.24, 2.45) is 0 Å². The Morgan fingerprint density at radius 1 is 1.23 bits per heavy atom. The average Bonchev–Trinajstić information content (AvgIpc) is 3.17. The van der Waals surface area contributed by atoms with Crippen LogP contribution in [0.15, 0.2) is 18.3 Å². The molecule has 166 valence electrons. The molecule has 2 heterocycles. The number of rotatable bonds is 7. The van der Waals surface area contributed by atoms with Gasteiger partial charge in [-0.05, 0) is 6.92 Å². The van der Waals surface area contributed by atoms with Gasteiger partial charge in [-0.25, -0.2) is 22.5 Å². The van der Waals surface area contributed by atoms with Gasteiger partial charge in [0.1, 0.15) is 23.2 Å². The van der Waals surface area contributed by atoms with Crippen molar-refractivity contribution in [3.8, 4) is 0 Å². The summed E-state index contributed by atoms with van der Waals surface area (Å²) < 4.78 is 56.1. The van der Waals surface area contributed by atoms with Crippen LogP contribution in [-0.2, 0) is 0 Å². The zero-order valence-electron chi connectivity index (χ0n) is 16.4. The van der Waals surface area contributed by atoms with Gasteiger partial charge in [0.25, 0.3) is 11.6 Å². The maximum Gasteiger partial charge on any atom is 0.329 e. The molecule has 0 radical (unpaired) electrons. The summed E-state index contributed by atoms with van der Waals surface area (Å²) in [7, 11) is 1.53. The summed E-state index contributed by atoms with van der Waals surface area (Å²) in [5, 5.41) is 30.4. The molecule has 0 spiro atoms. The van der Waals surface area contributed by atoms with Crippen LogP contribution in [0.5, 0.6) is 0 Å². The van der Waals surface area contributed by atoms with E-state index in [0.717, 1.165) is 4.52 Å². The van der Waals surface area contributed by atoms with Gasteiger partial charge in [-0.1, -0.05) is 9.61 Å². The van der Waals surface area contributed by atoms with Gasteiger partial charge in [0, 0.05) is 25.7 Å². The van der Waals surface area contributed by atoms with Crippen LogP contribution in [0, 0.1) is 23.3 Å². The number of carbonyl (C=O) groups is 1. The fourth-order valence-electron chi connectivity index (χ4n) is 2.66. The Hall–Kier alpha value is -3.45. The highest BCUT2D eigenvalue weighted by Gasteiger charge is 2.27. The first-order valence-electron chi connectivity index (χ1n) is 8.91. The summed E-state index contributed by atoms with van der Waals surface area (Å²) >= 11 is 0.